The van der Waals surface area contributed by atoms with Gasteiger partial charge >= 0.3 is 0 Å². The number of nitrogens with one attached hydrogen (secondary N) is 1. The van der Waals surface area contributed by atoms with Gasteiger partial charge in [-0.15, -0.1) is 6.42 Å². The molecule has 1 fully saturated rings. The van der Waals surface area contributed by atoms with Crippen molar-refractivity contribution >= 4 is 22.6 Å². The average Bonchev–Trinajstić information content (AvgIpc) is 3.31. The van der Waals surface area contributed by atoms with Crippen molar-refractivity contribution < 1.29 is 22.7 Å². The number of carbonyl (C=O) groups excluding carboxylic acids is 1. The van der Waals surface area contributed by atoms with Gasteiger partial charge in [-0.05, 0) is 13.0 Å². The summed E-state index contributed by atoms with van der Waals surface area (Å²) in [5.41, 5.74) is -1.73. The highest BCUT2D eigenvalue weighted by molar-refractivity contribution is 5.89. The first kappa shape index (κ1) is 26.2. The summed E-state index contributed by atoms with van der Waals surface area (Å²) in [5, 5.41) is 3.23. The molecule has 11 heteroatoms. The summed E-state index contributed by atoms with van der Waals surface area (Å²) < 4.78 is 48.7. The van der Waals surface area contributed by atoms with Crippen molar-refractivity contribution in [1.82, 2.24) is 19.4 Å². The molecule has 1 aliphatic heterocycles. The van der Waals surface area contributed by atoms with Crippen LogP contribution in [0.5, 0.6) is 0 Å². The highest BCUT2D eigenvalue weighted by Crippen LogP contribution is 2.37. The third-order valence-electron chi connectivity index (χ3n) is 6.79. The summed E-state index contributed by atoms with van der Waals surface area (Å²) in [6.45, 7) is 3.74. The van der Waals surface area contributed by atoms with Gasteiger partial charge in [0.15, 0.2) is 0 Å². The van der Waals surface area contributed by atoms with E-state index in [2.05, 4.69) is 21.2 Å². The molecule has 37 heavy (non-hydrogen) atoms. The maximum absolute atomic E-state index is 14.9. The lowest BCUT2D eigenvalue weighted by molar-refractivity contribution is -0.129. The highest BCUT2D eigenvalue weighted by atomic mass is 19.3. The van der Waals surface area contributed by atoms with Crippen LogP contribution in [0.25, 0.3) is 10.9 Å². The minimum absolute atomic E-state index is 0.0894. The number of benzene rings is 1. The summed E-state index contributed by atoms with van der Waals surface area (Å²) in [6, 6.07) is 4.12. The van der Waals surface area contributed by atoms with Gasteiger partial charge in [0.05, 0.1) is 23.2 Å². The lowest BCUT2D eigenvalue weighted by Crippen LogP contribution is -2.39. The Labute approximate surface area is 211 Å². The number of fused-ring (bicyclic) bond motifs is 1. The normalized spacial score (nSPS) is 18.3. The number of aromatic nitrogens is 3. The molecule has 1 aromatic carbocycles. The molecule has 3 heterocycles. The molecular weight excluding hydrogens is 487 g/mol. The molecule has 0 bridgehead atoms. The Morgan fingerprint density at radius 3 is 2.59 bits per heavy atom. The summed E-state index contributed by atoms with van der Waals surface area (Å²) in [5.74, 6) is 1.54. The van der Waals surface area contributed by atoms with E-state index in [9.17, 15) is 22.8 Å². The Bertz CT molecular complexity index is 1480. The molecule has 0 aliphatic carbocycles. The maximum atomic E-state index is 14.9. The van der Waals surface area contributed by atoms with E-state index in [4.69, 9.17) is 11.2 Å². The Morgan fingerprint density at radius 1 is 1.30 bits per heavy atom. The lowest BCUT2D eigenvalue weighted by atomic mass is 9.96. The number of amides is 1. The summed E-state index contributed by atoms with van der Waals surface area (Å²) >= 11 is 0. The molecule has 0 radical (unpaired) electrons. The molecule has 0 saturated carbocycles. The van der Waals surface area contributed by atoms with Crippen molar-refractivity contribution in [2.24, 2.45) is 7.05 Å². The standard InChI is InChI=1S/C26H26F3N5O3/c1-6-19(16-8-7-9-17(21(16)27)23(28)29)32-24-18-12-20(26(37-5)10-11-34(13-26)15(3)35)33(4)25(36)22(18)30-14(2)31-24/h1,7-9,12,19,23H,10-11,13H2,2-5H3,(H,30,31,32)/t19-,26-/m1/s1. The number of carbonyl (C=O) groups is 1. The number of alkyl halides is 2. The van der Waals surface area contributed by atoms with E-state index in [0.29, 0.717) is 24.0 Å². The second-order valence-electron chi connectivity index (χ2n) is 8.96. The SMILES string of the molecule is C#C[C@@H](Nc1nc(C)nc2c(=O)n(C)c([C@@]3(OC)CCN(C(C)=O)C3)cc12)c1cccc(C(F)F)c1F. The first-order valence-corrected chi connectivity index (χ1v) is 11.5. The van der Waals surface area contributed by atoms with Crippen LogP contribution in [0.15, 0.2) is 29.1 Å². The average molecular weight is 514 g/mol. The summed E-state index contributed by atoms with van der Waals surface area (Å²) in [4.78, 5) is 35.7. The summed E-state index contributed by atoms with van der Waals surface area (Å²) in [6.07, 6.45) is 3.10. The number of rotatable bonds is 6. The van der Waals surface area contributed by atoms with Crippen molar-refractivity contribution in [2.45, 2.75) is 38.3 Å². The fourth-order valence-corrected chi connectivity index (χ4v) is 4.77. The molecule has 4 rings (SSSR count). The molecule has 1 aliphatic rings. The van der Waals surface area contributed by atoms with Crippen LogP contribution in [0.4, 0.5) is 19.0 Å². The Morgan fingerprint density at radius 2 is 2.00 bits per heavy atom. The molecule has 194 valence electrons. The first-order valence-electron chi connectivity index (χ1n) is 11.5. The van der Waals surface area contributed by atoms with Gasteiger partial charge < -0.3 is 19.5 Å². The molecule has 1 amide bonds. The highest BCUT2D eigenvalue weighted by Gasteiger charge is 2.43. The molecule has 8 nitrogen and oxygen atoms in total. The Balaban J connectivity index is 1.88. The molecule has 0 spiro atoms. The lowest BCUT2D eigenvalue weighted by Gasteiger charge is -2.30. The number of methoxy groups -OCH3 is 1. The number of ether oxygens (including phenoxy) is 1. The van der Waals surface area contributed by atoms with Crippen LogP contribution < -0.4 is 10.9 Å². The van der Waals surface area contributed by atoms with Crippen LogP contribution in [-0.2, 0) is 22.2 Å². The number of aryl methyl sites for hydroxylation is 1. The number of anilines is 1. The minimum Gasteiger partial charge on any atom is -0.370 e. The van der Waals surface area contributed by atoms with Gasteiger partial charge in [-0.1, -0.05) is 24.1 Å². The van der Waals surface area contributed by atoms with E-state index in [1.807, 2.05) is 0 Å². The van der Waals surface area contributed by atoms with E-state index in [0.717, 1.165) is 6.07 Å². The topological polar surface area (TPSA) is 89.3 Å². The van der Waals surface area contributed by atoms with Crippen LogP contribution in [0, 0.1) is 25.1 Å². The van der Waals surface area contributed by atoms with Crippen LogP contribution in [0.2, 0.25) is 0 Å². The molecular formula is C26H26F3N5O3. The van der Waals surface area contributed by atoms with Gasteiger partial charge in [0.2, 0.25) is 5.91 Å². The van der Waals surface area contributed by atoms with Gasteiger partial charge in [0.25, 0.3) is 12.0 Å². The monoisotopic (exact) mass is 513 g/mol. The van der Waals surface area contributed by atoms with Crippen LogP contribution in [0.1, 0.15) is 48.5 Å². The first-order chi connectivity index (χ1) is 17.5. The number of nitrogens with zero attached hydrogens (tertiary/aromatic N) is 4. The molecule has 0 unspecified atom stereocenters. The smallest absolute Gasteiger partial charge is 0.277 e. The van der Waals surface area contributed by atoms with Crippen LogP contribution in [-0.4, -0.2) is 45.5 Å². The number of terminal acetylenes is 1. The van der Waals surface area contributed by atoms with Gasteiger partial charge in [-0.2, -0.15) is 0 Å². The molecule has 1 saturated heterocycles. The number of hydrogen-bond acceptors (Lipinski definition) is 6. The van der Waals surface area contributed by atoms with E-state index in [1.54, 1.807) is 24.9 Å². The zero-order valence-corrected chi connectivity index (χ0v) is 20.8. The van der Waals surface area contributed by atoms with Gasteiger partial charge in [-0.25, -0.2) is 23.1 Å². The predicted octanol–water partition coefficient (Wildman–Crippen LogP) is 3.59. The van der Waals surface area contributed by atoms with Gasteiger partial charge in [0.1, 0.15) is 34.6 Å². The zero-order chi connectivity index (χ0) is 27.1. The predicted molar refractivity (Wildman–Crippen MR) is 132 cm³/mol. The van der Waals surface area contributed by atoms with Crippen LogP contribution >= 0.6 is 0 Å². The maximum Gasteiger partial charge on any atom is 0.277 e. The zero-order valence-electron chi connectivity index (χ0n) is 20.8. The van der Waals surface area contributed by atoms with Crippen molar-refractivity contribution in [3.05, 3.63) is 63.1 Å². The molecule has 2 atom stereocenters. The Hall–Kier alpha value is -3.91. The fourth-order valence-electron chi connectivity index (χ4n) is 4.77. The number of halogens is 3. The summed E-state index contributed by atoms with van der Waals surface area (Å²) in [7, 11) is 3.10. The van der Waals surface area contributed by atoms with Crippen molar-refractivity contribution in [1.29, 1.82) is 0 Å². The van der Waals surface area contributed by atoms with E-state index >= 15 is 0 Å². The van der Waals surface area contributed by atoms with Gasteiger partial charge in [0, 0.05) is 39.6 Å². The molecule has 3 aromatic rings. The second-order valence-corrected chi connectivity index (χ2v) is 8.96. The molecule has 1 N–H and O–H groups in total. The second kappa shape index (κ2) is 9.86. The molecule has 2 aromatic heterocycles. The number of hydrogen-bond donors (Lipinski definition) is 1. The van der Waals surface area contributed by atoms with Crippen molar-refractivity contribution in [3.8, 4) is 12.3 Å². The minimum atomic E-state index is -3.02. The van der Waals surface area contributed by atoms with E-state index in [1.165, 1.54) is 30.7 Å². The van der Waals surface area contributed by atoms with Crippen molar-refractivity contribution in [2.75, 3.05) is 25.5 Å². The quantitative estimate of drug-likeness (QED) is 0.507. The Kier molecular flexibility index (Phi) is 6.97. The van der Waals surface area contributed by atoms with Gasteiger partial charge in [-0.3, -0.25) is 9.59 Å². The van der Waals surface area contributed by atoms with E-state index < -0.39 is 35.0 Å². The number of likely N-dealkylation sites (tertiary alicyclic amines) is 1. The van der Waals surface area contributed by atoms with E-state index in [-0.39, 0.29) is 35.2 Å². The third kappa shape index (κ3) is 4.53. The fraction of sp³-hybridized carbons (Fsp3) is 0.385. The van der Waals surface area contributed by atoms with Crippen molar-refractivity contribution in [3.63, 3.8) is 0 Å². The largest absolute Gasteiger partial charge is 0.370 e. The van der Waals surface area contributed by atoms with Crippen LogP contribution in [0.3, 0.4) is 0 Å². The number of pyridine rings is 1. The third-order valence-corrected chi connectivity index (χ3v) is 6.79.